The summed E-state index contributed by atoms with van der Waals surface area (Å²) in [6.07, 6.45) is 0.616. The fourth-order valence-electron chi connectivity index (χ4n) is 3.71. The quantitative estimate of drug-likeness (QED) is 0.754. The molecule has 7 heteroatoms. The van der Waals surface area contributed by atoms with Crippen molar-refractivity contribution in [2.24, 2.45) is 5.10 Å². The second-order valence-corrected chi connectivity index (χ2v) is 7.55. The fourth-order valence-corrected chi connectivity index (χ4v) is 3.97. The summed E-state index contributed by atoms with van der Waals surface area (Å²) in [7, 11) is 1.64. The molecule has 0 radical (unpaired) electrons. The van der Waals surface area contributed by atoms with Gasteiger partial charge in [0.15, 0.2) is 0 Å². The summed E-state index contributed by atoms with van der Waals surface area (Å²) in [5, 5.41) is 6.97. The van der Waals surface area contributed by atoms with Gasteiger partial charge < -0.3 is 9.47 Å². The zero-order chi connectivity index (χ0) is 20.2. The van der Waals surface area contributed by atoms with Crippen LogP contribution in [0.15, 0.2) is 53.6 Å². The summed E-state index contributed by atoms with van der Waals surface area (Å²) in [5.41, 5.74) is 2.76. The van der Waals surface area contributed by atoms with Gasteiger partial charge >= 0.3 is 0 Å². The number of morpholine rings is 1. The molecule has 0 N–H and O–H groups in total. The normalized spacial score (nSPS) is 19.9. The smallest absolute Gasteiger partial charge is 0.257 e. The van der Waals surface area contributed by atoms with Gasteiger partial charge in [-0.25, -0.2) is 5.01 Å². The number of benzene rings is 2. The number of carbonyl (C=O) groups is 1. The molecule has 0 saturated carbocycles. The van der Waals surface area contributed by atoms with Crippen molar-refractivity contribution in [3.05, 3.63) is 64.7 Å². The van der Waals surface area contributed by atoms with Crippen LogP contribution in [-0.4, -0.2) is 61.5 Å². The molecule has 1 fully saturated rings. The number of carbonyl (C=O) groups excluding carboxylic acids is 1. The highest BCUT2D eigenvalue weighted by Crippen LogP contribution is 2.36. The number of halogens is 1. The highest BCUT2D eigenvalue weighted by Gasteiger charge is 2.34. The van der Waals surface area contributed by atoms with Gasteiger partial charge in [-0.15, -0.1) is 0 Å². The van der Waals surface area contributed by atoms with Gasteiger partial charge in [0.1, 0.15) is 5.75 Å². The summed E-state index contributed by atoms with van der Waals surface area (Å²) in [6.45, 7) is 3.14. The number of ether oxygens (including phenoxy) is 2. The van der Waals surface area contributed by atoms with Crippen molar-refractivity contribution in [3.63, 3.8) is 0 Å². The maximum atomic E-state index is 13.2. The number of amides is 1. The van der Waals surface area contributed by atoms with Gasteiger partial charge in [0, 0.05) is 24.5 Å². The summed E-state index contributed by atoms with van der Waals surface area (Å²) < 4.78 is 10.6. The lowest BCUT2D eigenvalue weighted by molar-refractivity contribution is -0.135. The average Bonchev–Trinajstić information content (AvgIpc) is 3.20. The standard InChI is InChI=1S/C22H24ClN3O3/c1-28-17-8-6-16(7-9-17)20-14-21(18-4-2-3-5-19(18)23)26(24-20)22(27)15-25-10-12-29-13-11-25/h2-9,21H,10-15H2,1H3. The van der Waals surface area contributed by atoms with Crippen LogP contribution in [0.1, 0.15) is 23.6 Å². The Labute approximate surface area is 175 Å². The van der Waals surface area contributed by atoms with Gasteiger partial charge in [-0.2, -0.15) is 5.10 Å². The molecule has 2 aromatic carbocycles. The second-order valence-electron chi connectivity index (χ2n) is 7.14. The Morgan fingerprint density at radius 1 is 1.17 bits per heavy atom. The number of hydrogen-bond acceptors (Lipinski definition) is 5. The number of rotatable bonds is 5. The van der Waals surface area contributed by atoms with E-state index in [2.05, 4.69) is 4.90 Å². The molecule has 152 valence electrons. The Morgan fingerprint density at radius 2 is 1.90 bits per heavy atom. The SMILES string of the molecule is COc1ccc(C2=NN(C(=O)CN3CCOCC3)C(c3ccccc3Cl)C2)cc1. The minimum absolute atomic E-state index is 0.0275. The molecule has 0 spiro atoms. The predicted molar refractivity (Wildman–Crippen MR) is 112 cm³/mol. The van der Waals surface area contributed by atoms with Crippen LogP contribution in [-0.2, 0) is 9.53 Å². The molecular formula is C22H24ClN3O3. The third-order valence-electron chi connectivity index (χ3n) is 5.32. The molecule has 0 aliphatic carbocycles. The lowest BCUT2D eigenvalue weighted by Gasteiger charge is -2.29. The lowest BCUT2D eigenvalue weighted by atomic mass is 9.98. The first kappa shape index (κ1) is 19.9. The average molecular weight is 414 g/mol. The molecule has 6 nitrogen and oxygen atoms in total. The fraction of sp³-hybridized carbons (Fsp3) is 0.364. The van der Waals surface area contributed by atoms with Crippen LogP contribution in [0.3, 0.4) is 0 Å². The van der Waals surface area contributed by atoms with E-state index in [0.717, 1.165) is 35.7 Å². The van der Waals surface area contributed by atoms with Crippen molar-refractivity contribution in [3.8, 4) is 5.75 Å². The van der Waals surface area contributed by atoms with Crippen molar-refractivity contribution < 1.29 is 14.3 Å². The summed E-state index contributed by atoms with van der Waals surface area (Å²) in [5.74, 6) is 0.760. The van der Waals surface area contributed by atoms with Gasteiger partial charge in [-0.05, 0) is 41.5 Å². The molecule has 2 aliphatic heterocycles. The number of nitrogens with zero attached hydrogens (tertiary/aromatic N) is 3. The minimum Gasteiger partial charge on any atom is -0.497 e. The third kappa shape index (κ3) is 4.45. The molecule has 2 aromatic rings. The Hall–Kier alpha value is -2.41. The first-order chi connectivity index (χ1) is 14.2. The van der Waals surface area contributed by atoms with Gasteiger partial charge in [-0.1, -0.05) is 29.8 Å². The summed E-state index contributed by atoms with van der Waals surface area (Å²) in [4.78, 5) is 15.3. The number of hydrazone groups is 1. The zero-order valence-corrected chi connectivity index (χ0v) is 17.1. The topological polar surface area (TPSA) is 54.4 Å². The van der Waals surface area contributed by atoms with E-state index in [0.29, 0.717) is 31.2 Å². The van der Waals surface area contributed by atoms with Crippen molar-refractivity contribution in [2.45, 2.75) is 12.5 Å². The Balaban J connectivity index is 1.61. The molecule has 4 rings (SSSR count). The molecule has 0 aromatic heterocycles. The van der Waals surface area contributed by atoms with Crippen molar-refractivity contribution in [1.82, 2.24) is 9.91 Å². The van der Waals surface area contributed by atoms with Crippen molar-refractivity contribution in [1.29, 1.82) is 0 Å². The molecule has 1 unspecified atom stereocenters. The first-order valence-corrected chi connectivity index (χ1v) is 10.1. The largest absolute Gasteiger partial charge is 0.497 e. The van der Waals surface area contributed by atoms with E-state index >= 15 is 0 Å². The molecule has 2 aliphatic rings. The molecule has 2 heterocycles. The minimum atomic E-state index is -0.214. The molecule has 1 amide bonds. The highest BCUT2D eigenvalue weighted by atomic mass is 35.5. The molecule has 29 heavy (non-hydrogen) atoms. The van der Waals surface area contributed by atoms with E-state index in [1.165, 1.54) is 0 Å². The Morgan fingerprint density at radius 3 is 2.59 bits per heavy atom. The molecular weight excluding hydrogens is 390 g/mol. The summed E-state index contributed by atoms with van der Waals surface area (Å²) in [6, 6.07) is 15.2. The van der Waals surface area contributed by atoms with E-state index in [1.807, 2.05) is 48.5 Å². The maximum Gasteiger partial charge on any atom is 0.257 e. The number of methoxy groups -OCH3 is 1. The predicted octanol–water partition coefficient (Wildman–Crippen LogP) is 3.36. The van der Waals surface area contributed by atoms with E-state index in [1.54, 1.807) is 12.1 Å². The second kappa shape index (κ2) is 8.95. The van der Waals surface area contributed by atoms with Crippen LogP contribution in [0.2, 0.25) is 5.02 Å². The zero-order valence-electron chi connectivity index (χ0n) is 16.4. The van der Waals surface area contributed by atoms with Gasteiger partial charge in [0.05, 0.1) is 38.6 Å². The molecule has 0 bridgehead atoms. The van der Waals surface area contributed by atoms with Gasteiger partial charge in [0.25, 0.3) is 5.91 Å². The van der Waals surface area contributed by atoms with Crippen LogP contribution in [0, 0.1) is 0 Å². The van der Waals surface area contributed by atoms with Crippen LogP contribution >= 0.6 is 11.6 Å². The monoisotopic (exact) mass is 413 g/mol. The van der Waals surface area contributed by atoms with E-state index in [9.17, 15) is 4.79 Å². The van der Waals surface area contributed by atoms with E-state index < -0.39 is 0 Å². The number of hydrogen-bond donors (Lipinski definition) is 0. The Kier molecular flexibility index (Phi) is 6.13. The molecule has 1 atom stereocenters. The van der Waals surface area contributed by atoms with Crippen LogP contribution in [0.25, 0.3) is 0 Å². The van der Waals surface area contributed by atoms with Crippen molar-refractivity contribution >= 4 is 23.2 Å². The third-order valence-corrected chi connectivity index (χ3v) is 5.66. The first-order valence-electron chi connectivity index (χ1n) is 9.74. The highest BCUT2D eigenvalue weighted by molar-refractivity contribution is 6.31. The Bertz CT molecular complexity index is 894. The van der Waals surface area contributed by atoms with Crippen LogP contribution < -0.4 is 4.74 Å². The maximum absolute atomic E-state index is 13.2. The molecule has 1 saturated heterocycles. The van der Waals surface area contributed by atoms with Gasteiger partial charge in [-0.3, -0.25) is 9.69 Å². The summed E-state index contributed by atoms with van der Waals surface area (Å²) >= 11 is 6.47. The van der Waals surface area contributed by atoms with Gasteiger partial charge in [0.2, 0.25) is 0 Å². The van der Waals surface area contributed by atoms with Crippen LogP contribution in [0.5, 0.6) is 5.75 Å². The van der Waals surface area contributed by atoms with Crippen LogP contribution in [0.4, 0.5) is 0 Å². The lowest BCUT2D eigenvalue weighted by Crippen LogP contribution is -2.43. The van der Waals surface area contributed by atoms with E-state index in [4.69, 9.17) is 26.2 Å². The van der Waals surface area contributed by atoms with E-state index in [-0.39, 0.29) is 11.9 Å². The van der Waals surface area contributed by atoms with Crippen molar-refractivity contribution in [2.75, 3.05) is 40.0 Å².